The number of nitrogens with zero attached hydrogens (tertiary/aromatic N) is 6. The Morgan fingerprint density at radius 1 is 1.04 bits per heavy atom. The van der Waals surface area contributed by atoms with Gasteiger partial charge in [0.05, 0.1) is 19.5 Å². The summed E-state index contributed by atoms with van der Waals surface area (Å²) in [5.74, 6) is 1.75. The van der Waals surface area contributed by atoms with Crippen molar-refractivity contribution in [1.82, 2.24) is 24.4 Å². The molecule has 0 bridgehead atoms. The first-order chi connectivity index (χ1) is 13.7. The maximum Gasteiger partial charge on any atom is 0.229 e. The summed E-state index contributed by atoms with van der Waals surface area (Å²) in [6.45, 7) is 10.2. The summed E-state index contributed by atoms with van der Waals surface area (Å²) in [6.07, 6.45) is 6.66. The SMILES string of the molecule is CC(C)n1cnc2c(NC3CC3)nc(N3CCC(N4CCOCC4)CC3)nc21. The highest BCUT2D eigenvalue weighted by Gasteiger charge is 2.29. The maximum absolute atomic E-state index is 5.51. The second-order valence-electron chi connectivity index (χ2n) is 8.58. The number of rotatable bonds is 5. The van der Waals surface area contributed by atoms with Crippen molar-refractivity contribution >= 4 is 22.9 Å². The molecule has 5 rings (SSSR count). The molecule has 0 radical (unpaired) electrons. The Bertz CT molecular complexity index is 817. The second kappa shape index (κ2) is 7.48. The van der Waals surface area contributed by atoms with Gasteiger partial charge in [-0.3, -0.25) is 4.90 Å². The second-order valence-corrected chi connectivity index (χ2v) is 8.58. The molecule has 1 saturated carbocycles. The number of anilines is 2. The summed E-state index contributed by atoms with van der Waals surface area (Å²) < 4.78 is 7.66. The van der Waals surface area contributed by atoms with Crippen LogP contribution in [0.15, 0.2) is 6.33 Å². The Morgan fingerprint density at radius 3 is 2.46 bits per heavy atom. The molecule has 28 heavy (non-hydrogen) atoms. The fourth-order valence-electron chi connectivity index (χ4n) is 4.32. The van der Waals surface area contributed by atoms with Crippen molar-refractivity contribution < 1.29 is 4.74 Å². The number of imidazole rings is 1. The summed E-state index contributed by atoms with van der Waals surface area (Å²) in [5.41, 5.74) is 1.84. The van der Waals surface area contributed by atoms with Gasteiger partial charge in [-0.25, -0.2) is 4.98 Å². The van der Waals surface area contributed by atoms with Crippen LogP contribution in [0.2, 0.25) is 0 Å². The highest BCUT2D eigenvalue weighted by atomic mass is 16.5. The van der Waals surface area contributed by atoms with E-state index < -0.39 is 0 Å². The Hall–Kier alpha value is -1.93. The van der Waals surface area contributed by atoms with Gasteiger partial charge in [0.1, 0.15) is 0 Å². The summed E-state index contributed by atoms with van der Waals surface area (Å²) >= 11 is 0. The Kier molecular flexibility index (Phi) is 4.84. The maximum atomic E-state index is 5.51. The van der Waals surface area contributed by atoms with Crippen LogP contribution in [0.25, 0.3) is 11.2 Å². The van der Waals surface area contributed by atoms with Crippen LogP contribution in [-0.2, 0) is 4.74 Å². The Morgan fingerprint density at radius 2 is 1.79 bits per heavy atom. The molecule has 0 unspecified atom stereocenters. The lowest BCUT2D eigenvalue weighted by molar-refractivity contribution is 0.0114. The zero-order valence-corrected chi connectivity index (χ0v) is 17.0. The minimum Gasteiger partial charge on any atom is -0.379 e. The molecule has 3 fully saturated rings. The molecule has 0 spiro atoms. The third kappa shape index (κ3) is 3.55. The molecule has 0 amide bonds. The lowest BCUT2D eigenvalue weighted by Gasteiger charge is -2.40. The lowest BCUT2D eigenvalue weighted by Crippen LogP contribution is -2.49. The topological polar surface area (TPSA) is 71.3 Å². The highest BCUT2D eigenvalue weighted by Crippen LogP contribution is 2.31. The Labute approximate surface area is 166 Å². The van der Waals surface area contributed by atoms with E-state index in [1.807, 2.05) is 6.33 Å². The first-order valence-corrected chi connectivity index (χ1v) is 10.8. The van der Waals surface area contributed by atoms with Crippen LogP contribution in [0.1, 0.15) is 45.6 Å². The zero-order valence-electron chi connectivity index (χ0n) is 17.0. The molecule has 2 aromatic heterocycles. The van der Waals surface area contributed by atoms with E-state index in [4.69, 9.17) is 14.7 Å². The van der Waals surface area contributed by atoms with Crippen LogP contribution in [0.4, 0.5) is 11.8 Å². The lowest BCUT2D eigenvalue weighted by atomic mass is 10.0. The molecule has 2 aliphatic heterocycles. The molecule has 1 aliphatic carbocycles. The predicted molar refractivity (Wildman–Crippen MR) is 110 cm³/mol. The van der Waals surface area contributed by atoms with E-state index >= 15 is 0 Å². The molecule has 1 N–H and O–H groups in total. The molecule has 8 heteroatoms. The molecule has 2 saturated heterocycles. The van der Waals surface area contributed by atoms with Crippen LogP contribution >= 0.6 is 0 Å². The van der Waals surface area contributed by atoms with Gasteiger partial charge in [0.2, 0.25) is 5.95 Å². The fourth-order valence-corrected chi connectivity index (χ4v) is 4.32. The Balaban J connectivity index is 1.38. The van der Waals surface area contributed by atoms with Crippen molar-refractivity contribution in [2.45, 2.75) is 57.7 Å². The van der Waals surface area contributed by atoms with Gasteiger partial charge >= 0.3 is 0 Å². The number of hydrogen-bond acceptors (Lipinski definition) is 7. The first kappa shape index (κ1) is 18.1. The van der Waals surface area contributed by atoms with E-state index in [0.717, 1.165) is 75.2 Å². The zero-order chi connectivity index (χ0) is 19.1. The highest BCUT2D eigenvalue weighted by molar-refractivity contribution is 5.84. The van der Waals surface area contributed by atoms with Crippen molar-refractivity contribution in [3.05, 3.63) is 6.33 Å². The standard InChI is InChI=1S/C20H31N7O/c1-14(2)27-13-21-17-18(22-15-3-4-15)23-20(24-19(17)27)26-7-5-16(6-8-26)25-9-11-28-12-10-25/h13-16H,3-12H2,1-2H3,(H,22,23,24). The minimum absolute atomic E-state index is 0.327. The van der Waals surface area contributed by atoms with E-state index in [0.29, 0.717) is 18.1 Å². The minimum atomic E-state index is 0.327. The van der Waals surface area contributed by atoms with Gasteiger partial charge in [-0.15, -0.1) is 0 Å². The van der Waals surface area contributed by atoms with E-state index in [1.54, 1.807) is 0 Å². The average Bonchev–Trinajstić information content (AvgIpc) is 3.43. The van der Waals surface area contributed by atoms with E-state index in [-0.39, 0.29) is 0 Å². The van der Waals surface area contributed by atoms with E-state index in [9.17, 15) is 0 Å². The fraction of sp³-hybridized carbons (Fsp3) is 0.750. The molecule has 2 aromatic rings. The summed E-state index contributed by atoms with van der Waals surface area (Å²) in [7, 11) is 0. The van der Waals surface area contributed by atoms with Crippen molar-refractivity contribution in [2.75, 3.05) is 49.6 Å². The molecular formula is C20H31N7O. The van der Waals surface area contributed by atoms with Gasteiger partial charge in [-0.1, -0.05) is 0 Å². The van der Waals surface area contributed by atoms with Crippen molar-refractivity contribution in [1.29, 1.82) is 0 Å². The van der Waals surface area contributed by atoms with Gasteiger partial charge in [-0.2, -0.15) is 9.97 Å². The number of ether oxygens (including phenoxy) is 1. The third-order valence-electron chi connectivity index (χ3n) is 6.19. The summed E-state index contributed by atoms with van der Waals surface area (Å²) in [6, 6.07) is 1.53. The smallest absolute Gasteiger partial charge is 0.229 e. The summed E-state index contributed by atoms with van der Waals surface area (Å²) in [4.78, 5) is 19.4. The number of aromatic nitrogens is 4. The summed E-state index contributed by atoms with van der Waals surface area (Å²) in [5, 5.41) is 3.58. The van der Waals surface area contributed by atoms with Gasteiger partial charge < -0.3 is 19.5 Å². The molecule has 0 atom stereocenters. The van der Waals surface area contributed by atoms with Crippen LogP contribution in [0.3, 0.4) is 0 Å². The largest absolute Gasteiger partial charge is 0.379 e. The number of fused-ring (bicyclic) bond motifs is 1. The van der Waals surface area contributed by atoms with Crippen molar-refractivity contribution in [3.63, 3.8) is 0 Å². The van der Waals surface area contributed by atoms with Crippen LogP contribution in [0, 0.1) is 0 Å². The van der Waals surface area contributed by atoms with Gasteiger partial charge in [0, 0.05) is 44.3 Å². The van der Waals surface area contributed by atoms with Gasteiger partial charge in [0.25, 0.3) is 0 Å². The number of nitrogens with one attached hydrogen (secondary N) is 1. The number of piperidine rings is 1. The van der Waals surface area contributed by atoms with Gasteiger partial charge in [0.15, 0.2) is 17.0 Å². The molecule has 152 valence electrons. The molecule has 8 nitrogen and oxygen atoms in total. The molecule has 0 aromatic carbocycles. The molecule has 3 aliphatic rings. The quantitative estimate of drug-likeness (QED) is 0.847. The molecular weight excluding hydrogens is 354 g/mol. The van der Waals surface area contributed by atoms with Crippen LogP contribution in [-0.4, -0.2) is 75.9 Å². The average molecular weight is 386 g/mol. The van der Waals surface area contributed by atoms with Crippen LogP contribution < -0.4 is 10.2 Å². The normalized spacial score (nSPS) is 22.3. The third-order valence-corrected chi connectivity index (χ3v) is 6.19. The van der Waals surface area contributed by atoms with Crippen LogP contribution in [0.5, 0.6) is 0 Å². The number of morpholine rings is 1. The van der Waals surface area contributed by atoms with Crippen molar-refractivity contribution in [2.24, 2.45) is 0 Å². The van der Waals surface area contributed by atoms with Crippen molar-refractivity contribution in [3.8, 4) is 0 Å². The predicted octanol–water partition coefficient (Wildman–Crippen LogP) is 2.28. The monoisotopic (exact) mass is 385 g/mol. The molecule has 4 heterocycles. The van der Waals surface area contributed by atoms with E-state index in [2.05, 4.69) is 38.5 Å². The van der Waals surface area contributed by atoms with E-state index in [1.165, 1.54) is 12.8 Å². The van der Waals surface area contributed by atoms with Gasteiger partial charge in [-0.05, 0) is 39.5 Å². The number of hydrogen-bond donors (Lipinski definition) is 1. The first-order valence-electron chi connectivity index (χ1n) is 10.8.